The minimum atomic E-state index is -0.220. The van der Waals surface area contributed by atoms with Crippen LogP contribution < -0.4 is 5.32 Å². The van der Waals surface area contributed by atoms with Gasteiger partial charge in [-0.05, 0) is 38.4 Å². The molecule has 1 aromatic heterocycles. The normalized spacial score (nSPS) is 18.9. The Balaban J connectivity index is 1.87. The highest BCUT2D eigenvalue weighted by Crippen LogP contribution is 2.24. The fraction of sp³-hybridized carbons (Fsp3) is 0.400. The summed E-state index contributed by atoms with van der Waals surface area (Å²) in [5, 5.41) is 3.45. The van der Waals surface area contributed by atoms with E-state index in [0.29, 0.717) is 11.6 Å². The first-order valence-corrected chi connectivity index (χ1v) is 6.78. The Bertz CT molecular complexity index is 571. The van der Waals surface area contributed by atoms with Crippen LogP contribution in [0.1, 0.15) is 24.4 Å². The van der Waals surface area contributed by atoms with Crippen LogP contribution in [0.15, 0.2) is 24.3 Å². The molecule has 1 atom stereocenters. The first-order valence-electron chi connectivity index (χ1n) is 6.78. The predicted octanol–water partition coefficient (Wildman–Crippen LogP) is 2.82. The number of rotatable bonds is 3. The Morgan fingerprint density at radius 2 is 2.21 bits per heavy atom. The molecule has 1 aromatic carbocycles. The van der Waals surface area contributed by atoms with Gasteiger partial charge in [0.2, 0.25) is 0 Å². The van der Waals surface area contributed by atoms with Crippen LogP contribution in [0.2, 0.25) is 0 Å². The Kier molecular flexibility index (Phi) is 3.34. The van der Waals surface area contributed by atoms with Crippen molar-refractivity contribution in [3.05, 3.63) is 41.6 Å². The summed E-state index contributed by atoms with van der Waals surface area (Å²) >= 11 is 0. The van der Waals surface area contributed by atoms with Gasteiger partial charge in [-0.15, -0.1) is 0 Å². The molecule has 2 aromatic rings. The van der Waals surface area contributed by atoms with Gasteiger partial charge in [-0.25, -0.2) is 9.37 Å². The molecule has 3 rings (SSSR count). The van der Waals surface area contributed by atoms with Crippen molar-refractivity contribution in [2.45, 2.75) is 32.2 Å². The molecule has 0 radical (unpaired) electrons. The van der Waals surface area contributed by atoms with Gasteiger partial charge in [0.1, 0.15) is 11.6 Å². The summed E-state index contributed by atoms with van der Waals surface area (Å²) < 4.78 is 13.8. The average Bonchev–Trinajstić information content (AvgIpc) is 3.01. The van der Waals surface area contributed by atoms with Gasteiger partial charge in [0.25, 0.3) is 0 Å². The van der Waals surface area contributed by atoms with Gasteiger partial charge >= 0.3 is 0 Å². The average molecular weight is 259 g/mol. The lowest BCUT2D eigenvalue weighted by atomic mass is 10.1. The lowest BCUT2D eigenvalue weighted by Crippen LogP contribution is -2.24. The maximum absolute atomic E-state index is 13.8. The number of halogens is 1. The van der Waals surface area contributed by atoms with E-state index in [-0.39, 0.29) is 5.82 Å². The number of benzene rings is 1. The van der Waals surface area contributed by atoms with Crippen LogP contribution in [0.4, 0.5) is 4.39 Å². The molecule has 0 aliphatic carbocycles. The fourth-order valence-corrected chi connectivity index (χ4v) is 2.70. The van der Waals surface area contributed by atoms with Crippen molar-refractivity contribution >= 4 is 0 Å². The van der Waals surface area contributed by atoms with E-state index in [1.165, 1.54) is 18.9 Å². The molecule has 0 spiro atoms. The standard InChI is InChI=1S/C15H18FN3/c1-10-15(12-6-2-3-7-13(12)16)19-14(18-10)9-11-5-4-8-17-11/h2-3,6-7,11,17H,4-5,8-9H2,1H3,(H,18,19). The highest BCUT2D eigenvalue weighted by molar-refractivity contribution is 5.62. The summed E-state index contributed by atoms with van der Waals surface area (Å²) in [4.78, 5) is 7.85. The molecule has 0 saturated carbocycles. The SMILES string of the molecule is Cc1[nH]c(CC2CCCN2)nc1-c1ccccc1F. The first kappa shape index (κ1) is 12.4. The minimum Gasteiger partial charge on any atom is -0.346 e. The van der Waals surface area contributed by atoms with E-state index in [0.717, 1.165) is 30.2 Å². The third kappa shape index (κ3) is 2.54. The van der Waals surface area contributed by atoms with E-state index >= 15 is 0 Å². The summed E-state index contributed by atoms with van der Waals surface area (Å²) in [6.45, 7) is 3.03. The number of nitrogens with zero attached hydrogens (tertiary/aromatic N) is 1. The maximum Gasteiger partial charge on any atom is 0.132 e. The summed E-state index contributed by atoms with van der Waals surface area (Å²) in [5.74, 6) is 0.720. The summed E-state index contributed by atoms with van der Waals surface area (Å²) in [7, 11) is 0. The fourth-order valence-electron chi connectivity index (χ4n) is 2.70. The molecule has 4 heteroatoms. The number of hydrogen-bond donors (Lipinski definition) is 2. The maximum atomic E-state index is 13.8. The van der Waals surface area contributed by atoms with Crippen LogP contribution in [0.3, 0.4) is 0 Å². The van der Waals surface area contributed by atoms with E-state index in [1.807, 2.05) is 13.0 Å². The van der Waals surface area contributed by atoms with E-state index in [1.54, 1.807) is 12.1 Å². The van der Waals surface area contributed by atoms with Gasteiger partial charge in [-0.1, -0.05) is 12.1 Å². The molecule has 1 fully saturated rings. The van der Waals surface area contributed by atoms with E-state index in [9.17, 15) is 4.39 Å². The number of imidazole rings is 1. The number of aromatic nitrogens is 2. The van der Waals surface area contributed by atoms with Crippen molar-refractivity contribution in [3.63, 3.8) is 0 Å². The smallest absolute Gasteiger partial charge is 0.132 e. The van der Waals surface area contributed by atoms with Crippen molar-refractivity contribution in [2.24, 2.45) is 0 Å². The van der Waals surface area contributed by atoms with Gasteiger partial charge in [-0.2, -0.15) is 0 Å². The molecular formula is C15H18FN3. The lowest BCUT2D eigenvalue weighted by molar-refractivity contribution is 0.588. The third-order valence-electron chi connectivity index (χ3n) is 3.66. The van der Waals surface area contributed by atoms with Crippen molar-refractivity contribution in [3.8, 4) is 11.3 Å². The monoisotopic (exact) mass is 259 g/mol. The van der Waals surface area contributed by atoms with Crippen LogP contribution >= 0.6 is 0 Å². The molecule has 2 heterocycles. The van der Waals surface area contributed by atoms with Crippen LogP contribution in [-0.4, -0.2) is 22.6 Å². The second-order valence-corrected chi connectivity index (χ2v) is 5.13. The third-order valence-corrected chi connectivity index (χ3v) is 3.66. The topological polar surface area (TPSA) is 40.7 Å². The van der Waals surface area contributed by atoms with Crippen LogP contribution in [0, 0.1) is 12.7 Å². The molecule has 2 N–H and O–H groups in total. The van der Waals surface area contributed by atoms with E-state index in [4.69, 9.17) is 0 Å². The summed E-state index contributed by atoms with van der Waals surface area (Å²) in [6, 6.07) is 7.28. The molecule has 1 unspecified atom stereocenters. The van der Waals surface area contributed by atoms with Crippen molar-refractivity contribution in [2.75, 3.05) is 6.54 Å². The second-order valence-electron chi connectivity index (χ2n) is 5.13. The van der Waals surface area contributed by atoms with Crippen LogP contribution in [-0.2, 0) is 6.42 Å². The van der Waals surface area contributed by atoms with Crippen LogP contribution in [0.5, 0.6) is 0 Å². The number of hydrogen-bond acceptors (Lipinski definition) is 2. The van der Waals surface area contributed by atoms with Crippen LogP contribution in [0.25, 0.3) is 11.3 Å². The summed E-state index contributed by atoms with van der Waals surface area (Å²) in [6.07, 6.45) is 3.30. The zero-order chi connectivity index (χ0) is 13.2. The quantitative estimate of drug-likeness (QED) is 0.890. The summed E-state index contributed by atoms with van der Waals surface area (Å²) in [5.41, 5.74) is 2.23. The van der Waals surface area contributed by atoms with Gasteiger partial charge in [0, 0.05) is 23.7 Å². The van der Waals surface area contributed by atoms with Gasteiger partial charge in [0.15, 0.2) is 0 Å². The molecule has 1 saturated heterocycles. The first-order chi connectivity index (χ1) is 9.24. The van der Waals surface area contributed by atoms with Crippen molar-refractivity contribution < 1.29 is 4.39 Å². The van der Waals surface area contributed by atoms with Gasteiger partial charge in [0.05, 0.1) is 5.69 Å². The Morgan fingerprint density at radius 1 is 1.37 bits per heavy atom. The molecule has 0 bridgehead atoms. The zero-order valence-corrected chi connectivity index (χ0v) is 11.0. The molecule has 1 aliphatic heterocycles. The predicted molar refractivity (Wildman–Crippen MR) is 73.4 cm³/mol. The van der Waals surface area contributed by atoms with Gasteiger partial charge in [-0.3, -0.25) is 0 Å². The van der Waals surface area contributed by atoms with Gasteiger partial charge < -0.3 is 10.3 Å². The highest BCUT2D eigenvalue weighted by Gasteiger charge is 2.18. The van der Waals surface area contributed by atoms with E-state index in [2.05, 4.69) is 15.3 Å². The Labute approximate surface area is 112 Å². The molecule has 3 nitrogen and oxygen atoms in total. The second kappa shape index (κ2) is 5.13. The largest absolute Gasteiger partial charge is 0.346 e. The zero-order valence-electron chi connectivity index (χ0n) is 11.0. The Hall–Kier alpha value is -1.68. The molecule has 19 heavy (non-hydrogen) atoms. The lowest BCUT2D eigenvalue weighted by Gasteiger charge is -2.06. The van der Waals surface area contributed by atoms with Crippen molar-refractivity contribution in [1.29, 1.82) is 0 Å². The number of aryl methyl sites for hydroxylation is 1. The van der Waals surface area contributed by atoms with E-state index < -0.39 is 0 Å². The number of H-pyrrole nitrogens is 1. The number of nitrogens with one attached hydrogen (secondary N) is 2. The molecule has 1 aliphatic rings. The highest BCUT2D eigenvalue weighted by atomic mass is 19.1. The molecule has 0 amide bonds. The minimum absolute atomic E-state index is 0.220. The Morgan fingerprint density at radius 3 is 2.95 bits per heavy atom. The molecular weight excluding hydrogens is 241 g/mol. The number of aromatic amines is 1. The molecule has 100 valence electrons. The van der Waals surface area contributed by atoms with Crippen molar-refractivity contribution in [1.82, 2.24) is 15.3 Å².